The molecule has 0 aliphatic carbocycles. The van der Waals surface area contributed by atoms with E-state index in [2.05, 4.69) is 28.9 Å². The first kappa shape index (κ1) is 10.7. The smallest absolute Gasteiger partial charge is 0.259 e. The normalized spacial score (nSPS) is 34.2. The van der Waals surface area contributed by atoms with Gasteiger partial charge >= 0.3 is 0 Å². The minimum atomic E-state index is -0.813. The Kier molecular flexibility index (Phi) is 2.95. The maximum absolute atomic E-state index is 6.03. The van der Waals surface area contributed by atoms with Gasteiger partial charge in [-0.05, 0) is 18.4 Å². The number of rotatable bonds is 2. The Morgan fingerprint density at radius 3 is 2.94 bits per heavy atom. The van der Waals surface area contributed by atoms with E-state index in [1.54, 1.807) is 7.11 Å². The van der Waals surface area contributed by atoms with Crippen molar-refractivity contribution in [1.82, 2.24) is 4.67 Å². The van der Waals surface area contributed by atoms with Gasteiger partial charge in [-0.3, -0.25) is 0 Å². The molecule has 3 atom stereocenters. The molecule has 0 radical (unpaired) electrons. The molecule has 0 aromatic heterocycles. The topological polar surface area (TPSA) is 21.7 Å². The van der Waals surface area contributed by atoms with Gasteiger partial charge in [-0.25, -0.2) is 4.67 Å². The first-order valence-corrected chi connectivity index (χ1v) is 6.85. The van der Waals surface area contributed by atoms with Gasteiger partial charge in [-0.15, -0.1) is 0 Å². The largest absolute Gasteiger partial charge is 0.325 e. The Morgan fingerprint density at radius 2 is 2.19 bits per heavy atom. The van der Waals surface area contributed by atoms with Crippen molar-refractivity contribution in [3.05, 3.63) is 35.9 Å². The van der Waals surface area contributed by atoms with E-state index in [9.17, 15) is 0 Å². The van der Waals surface area contributed by atoms with Crippen LogP contribution in [-0.4, -0.2) is 24.4 Å². The molecule has 1 aromatic rings. The van der Waals surface area contributed by atoms with Crippen molar-refractivity contribution in [2.24, 2.45) is 0 Å². The van der Waals surface area contributed by atoms with Crippen LogP contribution in [0, 0.1) is 0 Å². The van der Waals surface area contributed by atoms with Gasteiger partial charge in [0.25, 0.3) is 8.53 Å². The minimum absolute atomic E-state index is 0.203. The van der Waals surface area contributed by atoms with Gasteiger partial charge in [0.1, 0.15) is 6.10 Å². The molecule has 0 bridgehead atoms. The lowest BCUT2D eigenvalue weighted by Gasteiger charge is -2.17. The molecule has 16 heavy (non-hydrogen) atoms. The summed E-state index contributed by atoms with van der Waals surface area (Å²) in [6, 6.07) is 11.0. The molecule has 2 saturated heterocycles. The second-order valence-electron chi connectivity index (χ2n) is 4.23. The molecule has 1 aromatic carbocycles. The maximum Gasteiger partial charge on any atom is 0.259 e. The van der Waals surface area contributed by atoms with E-state index in [-0.39, 0.29) is 6.10 Å². The van der Waals surface area contributed by atoms with Gasteiger partial charge in [-0.2, -0.15) is 0 Å². The molecule has 0 N–H and O–H groups in total. The molecule has 3 nitrogen and oxygen atoms in total. The Morgan fingerprint density at radius 1 is 1.38 bits per heavy atom. The Balaban J connectivity index is 1.87. The highest BCUT2D eigenvalue weighted by Crippen LogP contribution is 2.59. The Labute approximate surface area is 97.3 Å². The monoisotopic (exact) mass is 237 g/mol. The molecule has 3 rings (SSSR count). The van der Waals surface area contributed by atoms with Gasteiger partial charge < -0.3 is 9.05 Å². The Bertz CT molecular complexity index is 359. The van der Waals surface area contributed by atoms with Crippen molar-refractivity contribution in [3.8, 4) is 0 Å². The molecular formula is C12H16NO2P. The summed E-state index contributed by atoms with van der Waals surface area (Å²) in [6.07, 6.45) is 2.69. The fourth-order valence-electron chi connectivity index (χ4n) is 2.59. The molecular weight excluding hydrogens is 221 g/mol. The fourth-order valence-corrected chi connectivity index (χ4v) is 4.25. The van der Waals surface area contributed by atoms with Crippen LogP contribution in [0.15, 0.2) is 30.3 Å². The number of nitrogens with zero attached hydrogens (tertiary/aromatic N) is 1. The summed E-state index contributed by atoms with van der Waals surface area (Å²) in [4.78, 5) is 0. The van der Waals surface area contributed by atoms with Crippen LogP contribution in [0.3, 0.4) is 0 Å². The standard InChI is InChI=1S/C12H16NO2P/c1-14-16-13-9-5-8-11(13)12(15-16)10-6-3-2-4-7-10/h2-4,6-7,11-12H,5,8-9H2,1H3/t11-,12+,16-/m0/s1. The maximum atomic E-state index is 6.03. The highest BCUT2D eigenvalue weighted by molar-refractivity contribution is 7.44. The van der Waals surface area contributed by atoms with Crippen LogP contribution in [0.2, 0.25) is 0 Å². The molecule has 2 aliphatic rings. The average Bonchev–Trinajstić information content (AvgIpc) is 2.91. The van der Waals surface area contributed by atoms with Crippen LogP contribution < -0.4 is 0 Å². The predicted octanol–water partition coefficient (Wildman–Crippen LogP) is 3.10. The second-order valence-corrected chi connectivity index (χ2v) is 5.80. The zero-order chi connectivity index (χ0) is 11.0. The predicted molar refractivity (Wildman–Crippen MR) is 63.9 cm³/mol. The van der Waals surface area contributed by atoms with Crippen LogP contribution in [0.1, 0.15) is 24.5 Å². The number of hydrogen-bond donors (Lipinski definition) is 0. The van der Waals surface area contributed by atoms with E-state index in [1.165, 1.54) is 18.4 Å². The van der Waals surface area contributed by atoms with Crippen LogP contribution in [-0.2, 0) is 9.05 Å². The number of fused-ring (bicyclic) bond motifs is 1. The van der Waals surface area contributed by atoms with E-state index >= 15 is 0 Å². The molecule has 86 valence electrons. The van der Waals surface area contributed by atoms with Gasteiger partial charge in [-0.1, -0.05) is 30.3 Å². The third-order valence-electron chi connectivity index (χ3n) is 3.32. The lowest BCUT2D eigenvalue weighted by atomic mass is 10.0. The van der Waals surface area contributed by atoms with E-state index < -0.39 is 8.53 Å². The highest BCUT2D eigenvalue weighted by atomic mass is 31.2. The third kappa shape index (κ3) is 1.68. The fraction of sp³-hybridized carbons (Fsp3) is 0.500. The van der Waals surface area contributed by atoms with E-state index in [0.717, 1.165) is 6.54 Å². The first-order valence-electron chi connectivity index (χ1n) is 5.72. The quantitative estimate of drug-likeness (QED) is 0.738. The van der Waals surface area contributed by atoms with Crippen LogP contribution in [0.4, 0.5) is 0 Å². The van der Waals surface area contributed by atoms with Gasteiger partial charge in [0.2, 0.25) is 0 Å². The van der Waals surface area contributed by atoms with Crippen molar-refractivity contribution in [3.63, 3.8) is 0 Å². The van der Waals surface area contributed by atoms with E-state index in [0.29, 0.717) is 6.04 Å². The summed E-state index contributed by atoms with van der Waals surface area (Å²) in [6.45, 7) is 1.12. The van der Waals surface area contributed by atoms with E-state index in [1.807, 2.05) is 6.07 Å². The van der Waals surface area contributed by atoms with Crippen molar-refractivity contribution in [2.75, 3.05) is 13.7 Å². The molecule has 0 amide bonds. The summed E-state index contributed by atoms with van der Waals surface area (Å²) >= 11 is 0. The highest BCUT2D eigenvalue weighted by Gasteiger charge is 2.46. The van der Waals surface area contributed by atoms with Crippen molar-refractivity contribution in [1.29, 1.82) is 0 Å². The molecule has 2 fully saturated rings. The summed E-state index contributed by atoms with van der Waals surface area (Å²) in [5.41, 5.74) is 1.28. The van der Waals surface area contributed by atoms with Crippen LogP contribution in [0.5, 0.6) is 0 Å². The number of hydrogen-bond acceptors (Lipinski definition) is 3. The van der Waals surface area contributed by atoms with Gasteiger partial charge in [0.05, 0.1) is 0 Å². The zero-order valence-corrected chi connectivity index (χ0v) is 10.3. The van der Waals surface area contributed by atoms with Crippen LogP contribution in [0.25, 0.3) is 0 Å². The van der Waals surface area contributed by atoms with Crippen molar-refractivity contribution in [2.45, 2.75) is 25.0 Å². The molecule has 2 heterocycles. The van der Waals surface area contributed by atoms with E-state index in [4.69, 9.17) is 9.05 Å². The van der Waals surface area contributed by atoms with Gasteiger partial charge in [0, 0.05) is 19.7 Å². The SMILES string of the molecule is CO[P@@]1O[C@H](c2ccccc2)[C@@H]2CCCN21. The average molecular weight is 237 g/mol. The third-order valence-corrected chi connectivity index (χ3v) is 4.95. The van der Waals surface area contributed by atoms with Crippen LogP contribution >= 0.6 is 8.53 Å². The zero-order valence-electron chi connectivity index (χ0n) is 9.37. The second kappa shape index (κ2) is 4.42. The first-order chi connectivity index (χ1) is 7.90. The molecule has 4 heteroatoms. The summed E-state index contributed by atoms with van der Waals surface area (Å²) in [5, 5.41) is 0. The molecule has 0 saturated carbocycles. The molecule has 0 unspecified atom stereocenters. The van der Waals surface area contributed by atoms with Crippen molar-refractivity contribution < 1.29 is 9.05 Å². The lowest BCUT2D eigenvalue weighted by molar-refractivity contribution is 0.200. The summed E-state index contributed by atoms with van der Waals surface area (Å²) < 4.78 is 13.9. The van der Waals surface area contributed by atoms with Gasteiger partial charge in [0.15, 0.2) is 0 Å². The van der Waals surface area contributed by atoms with Crippen molar-refractivity contribution >= 4 is 8.53 Å². The minimum Gasteiger partial charge on any atom is -0.325 e. The molecule has 2 aliphatic heterocycles. The molecule has 0 spiro atoms. The Hall–Kier alpha value is -0.470. The number of benzene rings is 1. The summed E-state index contributed by atoms with van der Waals surface area (Å²) in [7, 11) is 0.932. The summed E-state index contributed by atoms with van der Waals surface area (Å²) in [5.74, 6) is 0. The lowest BCUT2D eigenvalue weighted by Crippen LogP contribution is -2.22.